The molecule has 0 N–H and O–H groups in total. The lowest BCUT2D eigenvalue weighted by atomic mass is 9.82. The summed E-state index contributed by atoms with van der Waals surface area (Å²) in [5, 5.41) is 2.26. The second-order valence-electron chi connectivity index (χ2n) is 12.8. The fourth-order valence-electron chi connectivity index (χ4n) is 7.44. The number of fused-ring (bicyclic) bond motifs is 7. The molecule has 1 aliphatic rings. The van der Waals surface area contributed by atoms with Crippen LogP contribution < -0.4 is 4.90 Å². The standard InChI is InChI=1S/C45H31NO/c1-45(2)38-24-10-9-22-36(38)42-39(45)26-27-41-43(42)37-23-13-25-40(44(37)47-41)46(34-20-11-18-32(28-34)30-14-5-3-6-15-30)35-21-12-19-33(29-35)31-16-7-4-8-17-31/h3-8,11-29H,1-2H3. The molecular formula is C45H31NO. The zero-order chi connectivity index (χ0) is 31.5. The van der Waals surface area contributed by atoms with E-state index < -0.39 is 0 Å². The highest BCUT2D eigenvalue weighted by Gasteiger charge is 2.37. The van der Waals surface area contributed by atoms with Gasteiger partial charge in [-0.25, -0.2) is 0 Å². The van der Waals surface area contributed by atoms with Gasteiger partial charge in [0, 0.05) is 27.6 Å². The molecule has 222 valence electrons. The van der Waals surface area contributed by atoms with Crippen molar-refractivity contribution in [2.75, 3.05) is 4.90 Å². The predicted octanol–water partition coefficient (Wildman–Crippen LogP) is 12.3. The summed E-state index contributed by atoms with van der Waals surface area (Å²) in [7, 11) is 0. The second-order valence-corrected chi connectivity index (χ2v) is 12.8. The average molecular weight is 602 g/mol. The van der Waals surface area contributed by atoms with Gasteiger partial charge in [-0.2, -0.15) is 0 Å². The van der Waals surface area contributed by atoms with E-state index in [2.05, 4.69) is 183 Å². The van der Waals surface area contributed by atoms with E-state index in [-0.39, 0.29) is 5.41 Å². The first-order valence-corrected chi connectivity index (χ1v) is 16.1. The van der Waals surface area contributed by atoms with Gasteiger partial charge in [0.2, 0.25) is 0 Å². The second kappa shape index (κ2) is 10.5. The predicted molar refractivity (Wildman–Crippen MR) is 195 cm³/mol. The Morgan fingerprint density at radius 2 is 1.15 bits per heavy atom. The van der Waals surface area contributed by atoms with E-state index in [1.54, 1.807) is 0 Å². The molecule has 2 nitrogen and oxygen atoms in total. The summed E-state index contributed by atoms with van der Waals surface area (Å²) in [4.78, 5) is 2.34. The first-order valence-electron chi connectivity index (χ1n) is 16.1. The third kappa shape index (κ3) is 4.28. The van der Waals surface area contributed by atoms with Gasteiger partial charge in [0.1, 0.15) is 5.58 Å². The molecule has 0 fully saturated rings. The average Bonchev–Trinajstić information content (AvgIpc) is 3.62. The van der Waals surface area contributed by atoms with Crippen LogP contribution in [0.3, 0.4) is 0 Å². The Hall–Kier alpha value is -6.04. The van der Waals surface area contributed by atoms with Gasteiger partial charge < -0.3 is 9.32 Å². The van der Waals surface area contributed by atoms with E-state index in [9.17, 15) is 0 Å². The fraction of sp³-hybridized carbons (Fsp3) is 0.0667. The van der Waals surface area contributed by atoms with E-state index in [4.69, 9.17) is 4.42 Å². The lowest BCUT2D eigenvalue weighted by molar-refractivity contribution is 0.657. The van der Waals surface area contributed by atoms with Crippen molar-refractivity contribution in [1.29, 1.82) is 0 Å². The van der Waals surface area contributed by atoms with Crippen molar-refractivity contribution < 1.29 is 4.42 Å². The molecule has 1 aliphatic carbocycles. The highest BCUT2D eigenvalue weighted by molar-refractivity contribution is 6.17. The van der Waals surface area contributed by atoms with Crippen LogP contribution in [-0.2, 0) is 5.41 Å². The maximum Gasteiger partial charge on any atom is 0.159 e. The van der Waals surface area contributed by atoms with Crippen molar-refractivity contribution in [3.8, 4) is 33.4 Å². The molecule has 0 unspecified atom stereocenters. The van der Waals surface area contributed by atoms with Gasteiger partial charge in [0.25, 0.3) is 0 Å². The van der Waals surface area contributed by atoms with Crippen LogP contribution in [0.4, 0.5) is 17.1 Å². The molecule has 1 heterocycles. The zero-order valence-electron chi connectivity index (χ0n) is 26.3. The highest BCUT2D eigenvalue weighted by Crippen LogP contribution is 2.53. The van der Waals surface area contributed by atoms with Gasteiger partial charge in [-0.3, -0.25) is 0 Å². The van der Waals surface area contributed by atoms with E-state index >= 15 is 0 Å². The Kier molecular flexibility index (Phi) is 6.10. The number of hydrogen-bond acceptors (Lipinski definition) is 2. The van der Waals surface area contributed by atoms with Crippen LogP contribution in [0.15, 0.2) is 156 Å². The Labute approximate surface area is 275 Å². The largest absolute Gasteiger partial charge is 0.454 e. The van der Waals surface area contributed by atoms with Gasteiger partial charge in [0.05, 0.1) is 5.69 Å². The molecule has 1 aromatic heterocycles. The Morgan fingerprint density at radius 3 is 1.81 bits per heavy atom. The molecule has 0 saturated heterocycles. The van der Waals surface area contributed by atoms with Crippen LogP contribution in [0.5, 0.6) is 0 Å². The van der Waals surface area contributed by atoms with Crippen LogP contribution in [0, 0.1) is 12.1 Å². The molecule has 0 saturated carbocycles. The summed E-state index contributed by atoms with van der Waals surface area (Å²) < 4.78 is 6.89. The SMILES string of the molecule is CC1(C)c2cc#ccc2-c2c1ccc1oc3c(N(c4cccc(-c5ccccc5)c4)c4cccc(-c5ccccc5)c4)cccc3c21. The third-order valence-corrected chi connectivity index (χ3v) is 9.73. The number of furan rings is 1. The van der Waals surface area contributed by atoms with Crippen LogP contribution in [0.1, 0.15) is 25.0 Å². The van der Waals surface area contributed by atoms with Crippen molar-refractivity contribution in [3.05, 3.63) is 175 Å². The Balaban J connectivity index is 1.31. The maximum atomic E-state index is 6.89. The molecule has 2 heteroatoms. The molecule has 47 heavy (non-hydrogen) atoms. The van der Waals surface area contributed by atoms with Crippen LogP contribution in [0.25, 0.3) is 55.3 Å². The minimum absolute atomic E-state index is 0.131. The van der Waals surface area contributed by atoms with Gasteiger partial charge >= 0.3 is 0 Å². The molecule has 8 aromatic rings. The first-order chi connectivity index (χ1) is 23.1. The lowest BCUT2D eigenvalue weighted by Crippen LogP contribution is -2.14. The maximum absolute atomic E-state index is 6.89. The van der Waals surface area contributed by atoms with Crippen molar-refractivity contribution in [3.63, 3.8) is 0 Å². The number of rotatable bonds is 5. The summed E-state index contributed by atoms with van der Waals surface area (Å²) in [6.07, 6.45) is 0. The third-order valence-electron chi connectivity index (χ3n) is 9.73. The summed E-state index contributed by atoms with van der Waals surface area (Å²) in [5.74, 6) is 0. The van der Waals surface area contributed by atoms with E-state index in [1.165, 1.54) is 33.4 Å². The molecule has 0 amide bonds. The number of para-hydroxylation sites is 1. The van der Waals surface area contributed by atoms with Crippen LogP contribution >= 0.6 is 0 Å². The van der Waals surface area contributed by atoms with Crippen molar-refractivity contribution in [1.82, 2.24) is 0 Å². The van der Waals surface area contributed by atoms with Crippen LogP contribution in [-0.4, -0.2) is 0 Å². The quantitative estimate of drug-likeness (QED) is 0.195. The molecule has 0 spiro atoms. The minimum atomic E-state index is -0.131. The van der Waals surface area contributed by atoms with Crippen molar-refractivity contribution >= 4 is 39.0 Å². The fourth-order valence-corrected chi connectivity index (χ4v) is 7.44. The lowest BCUT2D eigenvalue weighted by Gasteiger charge is -2.26. The van der Waals surface area contributed by atoms with E-state index in [1.807, 2.05) is 0 Å². The smallest absolute Gasteiger partial charge is 0.159 e. The summed E-state index contributed by atoms with van der Waals surface area (Å²) >= 11 is 0. The molecule has 0 bridgehead atoms. The first kappa shape index (κ1) is 27.3. The molecule has 7 aromatic carbocycles. The van der Waals surface area contributed by atoms with Crippen molar-refractivity contribution in [2.45, 2.75) is 19.3 Å². The van der Waals surface area contributed by atoms with Gasteiger partial charge in [-0.15, -0.1) is 0 Å². The minimum Gasteiger partial charge on any atom is -0.454 e. The number of benzene rings is 6. The van der Waals surface area contributed by atoms with Gasteiger partial charge in [0.15, 0.2) is 5.58 Å². The molecular weight excluding hydrogens is 571 g/mol. The monoisotopic (exact) mass is 601 g/mol. The topological polar surface area (TPSA) is 16.4 Å². The summed E-state index contributed by atoms with van der Waals surface area (Å²) in [6, 6.07) is 60.2. The van der Waals surface area contributed by atoms with Crippen LogP contribution in [0.2, 0.25) is 0 Å². The summed E-state index contributed by atoms with van der Waals surface area (Å²) in [6.45, 7) is 4.60. The molecule has 9 rings (SSSR count). The van der Waals surface area contributed by atoms with E-state index in [0.29, 0.717) is 0 Å². The number of hydrogen-bond donors (Lipinski definition) is 0. The van der Waals surface area contributed by atoms with E-state index in [0.717, 1.165) is 50.1 Å². The zero-order valence-corrected chi connectivity index (χ0v) is 26.3. The van der Waals surface area contributed by atoms with Gasteiger partial charge in [-0.05, 0) is 93.0 Å². The molecule has 0 radical (unpaired) electrons. The highest BCUT2D eigenvalue weighted by atomic mass is 16.3. The van der Waals surface area contributed by atoms with Gasteiger partial charge in [-0.1, -0.05) is 129 Å². The molecule has 0 atom stereocenters. The van der Waals surface area contributed by atoms with Crippen molar-refractivity contribution in [2.24, 2.45) is 0 Å². The molecule has 0 aliphatic heterocycles. The normalized spacial score (nSPS) is 12.9. The Morgan fingerprint density at radius 1 is 0.553 bits per heavy atom. The number of anilines is 3. The summed E-state index contributed by atoms with van der Waals surface area (Å²) in [5.41, 5.74) is 14.5. The number of nitrogens with zero attached hydrogens (tertiary/aromatic N) is 1. The Bertz CT molecular complexity index is 2350.